The van der Waals surface area contributed by atoms with E-state index in [4.69, 9.17) is 0 Å². The molecule has 0 aromatic heterocycles. The maximum Gasteiger partial charge on any atom is 0.322 e. The normalized spacial score (nSPS) is 25.5. The Morgan fingerprint density at radius 1 is 1.32 bits per heavy atom. The van der Waals surface area contributed by atoms with Gasteiger partial charge in [-0.1, -0.05) is 24.3 Å². The highest BCUT2D eigenvalue weighted by Crippen LogP contribution is 2.37. The number of piperidine rings is 1. The van der Waals surface area contributed by atoms with Crippen molar-refractivity contribution < 1.29 is 4.79 Å². The summed E-state index contributed by atoms with van der Waals surface area (Å²) >= 11 is 0. The van der Waals surface area contributed by atoms with Crippen molar-refractivity contribution in [3.05, 3.63) is 42.0 Å². The summed E-state index contributed by atoms with van der Waals surface area (Å²) in [5.74, 6) is 0. The lowest BCUT2D eigenvalue weighted by atomic mass is 9.99. The largest absolute Gasteiger partial charge is 0.322 e. The number of rotatable bonds is 1. The molecule has 3 heteroatoms. The molecule has 2 heterocycles. The molecule has 100 valence electrons. The first-order valence-corrected chi connectivity index (χ1v) is 6.96. The first kappa shape index (κ1) is 12.3. The molecule has 2 saturated heterocycles. The van der Waals surface area contributed by atoms with E-state index in [9.17, 15) is 4.79 Å². The smallest absolute Gasteiger partial charge is 0.318 e. The van der Waals surface area contributed by atoms with Gasteiger partial charge in [0.1, 0.15) is 0 Å². The molecule has 1 aromatic carbocycles. The van der Waals surface area contributed by atoms with E-state index in [1.807, 2.05) is 36.1 Å². The highest BCUT2D eigenvalue weighted by molar-refractivity contribution is 5.90. The fraction of sp³-hybridized carbons (Fsp3) is 0.438. The zero-order valence-corrected chi connectivity index (χ0v) is 11.4. The van der Waals surface area contributed by atoms with Crippen LogP contribution in [0.3, 0.4) is 0 Å². The van der Waals surface area contributed by atoms with Gasteiger partial charge in [-0.2, -0.15) is 0 Å². The molecule has 19 heavy (non-hydrogen) atoms. The lowest BCUT2D eigenvalue weighted by Gasteiger charge is -2.35. The SMILES string of the molecule is C=C1CC2CCC(C1)N2C(=O)Nc1cccc(C)c1. The van der Waals surface area contributed by atoms with Crippen LogP contribution in [0.25, 0.3) is 0 Å². The topological polar surface area (TPSA) is 32.3 Å². The lowest BCUT2D eigenvalue weighted by Crippen LogP contribution is -2.46. The average Bonchev–Trinajstić information content (AvgIpc) is 2.62. The summed E-state index contributed by atoms with van der Waals surface area (Å²) < 4.78 is 0. The number of nitrogens with zero attached hydrogens (tertiary/aromatic N) is 1. The molecule has 0 aliphatic carbocycles. The molecule has 1 N–H and O–H groups in total. The van der Waals surface area contributed by atoms with Gasteiger partial charge in [-0.15, -0.1) is 0 Å². The molecule has 0 spiro atoms. The number of carbonyl (C=O) groups excluding carboxylic acids is 1. The number of urea groups is 1. The summed E-state index contributed by atoms with van der Waals surface area (Å²) in [5, 5.41) is 3.03. The minimum atomic E-state index is 0.0469. The molecule has 2 amide bonds. The van der Waals surface area contributed by atoms with E-state index < -0.39 is 0 Å². The molecule has 2 unspecified atom stereocenters. The number of fused-ring (bicyclic) bond motifs is 2. The van der Waals surface area contributed by atoms with Gasteiger partial charge in [0, 0.05) is 17.8 Å². The van der Waals surface area contributed by atoms with Crippen molar-refractivity contribution in [3.63, 3.8) is 0 Å². The molecule has 1 aromatic rings. The van der Waals surface area contributed by atoms with Crippen molar-refractivity contribution in [2.45, 2.75) is 44.7 Å². The molecule has 0 radical (unpaired) electrons. The van der Waals surface area contributed by atoms with Gasteiger partial charge >= 0.3 is 6.03 Å². The predicted molar refractivity (Wildman–Crippen MR) is 77.2 cm³/mol. The zero-order valence-electron chi connectivity index (χ0n) is 11.4. The van der Waals surface area contributed by atoms with Crippen LogP contribution < -0.4 is 5.32 Å². The molecule has 2 bridgehead atoms. The van der Waals surface area contributed by atoms with Crippen LogP contribution in [0.15, 0.2) is 36.4 Å². The predicted octanol–water partition coefficient (Wildman–Crippen LogP) is 3.71. The highest BCUT2D eigenvalue weighted by atomic mass is 16.2. The van der Waals surface area contributed by atoms with Gasteiger partial charge in [-0.3, -0.25) is 0 Å². The molecule has 0 saturated carbocycles. The van der Waals surface area contributed by atoms with E-state index in [0.29, 0.717) is 12.1 Å². The summed E-state index contributed by atoms with van der Waals surface area (Å²) in [4.78, 5) is 14.5. The van der Waals surface area contributed by atoms with Crippen LogP contribution in [-0.2, 0) is 0 Å². The molecule has 2 aliphatic rings. The van der Waals surface area contributed by atoms with Crippen molar-refractivity contribution in [1.82, 2.24) is 4.90 Å². The Morgan fingerprint density at radius 3 is 2.63 bits per heavy atom. The van der Waals surface area contributed by atoms with E-state index in [2.05, 4.69) is 11.9 Å². The Morgan fingerprint density at radius 2 is 2.00 bits per heavy atom. The van der Waals surface area contributed by atoms with Crippen molar-refractivity contribution >= 4 is 11.7 Å². The second kappa shape index (κ2) is 4.72. The Balaban J connectivity index is 1.73. The Hall–Kier alpha value is -1.77. The summed E-state index contributed by atoms with van der Waals surface area (Å²) in [5.41, 5.74) is 3.34. The number of carbonyl (C=O) groups is 1. The third kappa shape index (κ3) is 2.37. The van der Waals surface area contributed by atoms with Gasteiger partial charge in [0.25, 0.3) is 0 Å². The van der Waals surface area contributed by atoms with Gasteiger partial charge in [-0.05, 0) is 50.3 Å². The lowest BCUT2D eigenvalue weighted by molar-refractivity contribution is 0.174. The van der Waals surface area contributed by atoms with Crippen molar-refractivity contribution in [2.75, 3.05) is 5.32 Å². The molecule has 2 atom stereocenters. The maximum absolute atomic E-state index is 12.4. The summed E-state index contributed by atoms with van der Waals surface area (Å²) in [6, 6.07) is 8.71. The van der Waals surface area contributed by atoms with E-state index >= 15 is 0 Å². The summed E-state index contributed by atoms with van der Waals surface area (Å²) in [6.07, 6.45) is 4.17. The maximum atomic E-state index is 12.4. The van der Waals surface area contributed by atoms with Crippen LogP contribution in [0, 0.1) is 6.92 Å². The summed E-state index contributed by atoms with van der Waals surface area (Å²) in [6.45, 7) is 6.12. The van der Waals surface area contributed by atoms with E-state index in [1.165, 1.54) is 5.57 Å². The molecular weight excluding hydrogens is 236 g/mol. The third-order valence-corrected chi connectivity index (χ3v) is 4.17. The fourth-order valence-corrected chi connectivity index (χ4v) is 3.35. The molecule has 2 aliphatic heterocycles. The van der Waals surface area contributed by atoms with Gasteiger partial charge in [0.15, 0.2) is 0 Å². The number of benzene rings is 1. The molecule has 2 fully saturated rings. The van der Waals surface area contributed by atoms with Crippen LogP contribution in [0.1, 0.15) is 31.2 Å². The second-order valence-electron chi connectivity index (χ2n) is 5.75. The number of hydrogen-bond acceptors (Lipinski definition) is 1. The van der Waals surface area contributed by atoms with Gasteiger partial charge < -0.3 is 10.2 Å². The van der Waals surface area contributed by atoms with Crippen LogP contribution in [0.4, 0.5) is 10.5 Å². The minimum Gasteiger partial charge on any atom is -0.318 e. The molecule has 3 rings (SSSR count). The highest BCUT2D eigenvalue weighted by Gasteiger charge is 2.40. The molecule has 3 nitrogen and oxygen atoms in total. The van der Waals surface area contributed by atoms with Crippen LogP contribution in [0.5, 0.6) is 0 Å². The van der Waals surface area contributed by atoms with Crippen LogP contribution in [-0.4, -0.2) is 23.0 Å². The van der Waals surface area contributed by atoms with Crippen molar-refractivity contribution in [1.29, 1.82) is 0 Å². The van der Waals surface area contributed by atoms with Crippen molar-refractivity contribution in [2.24, 2.45) is 0 Å². The first-order valence-electron chi connectivity index (χ1n) is 6.96. The van der Waals surface area contributed by atoms with Crippen molar-refractivity contribution in [3.8, 4) is 0 Å². The number of anilines is 1. The Kier molecular flexibility index (Phi) is 3.05. The van der Waals surface area contributed by atoms with Gasteiger partial charge in [-0.25, -0.2) is 4.79 Å². The number of hydrogen-bond donors (Lipinski definition) is 1. The second-order valence-corrected chi connectivity index (χ2v) is 5.75. The van der Waals surface area contributed by atoms with E-state index in [-0.39, 0.29) is 6.03 Å². The standard InChI is InChI=1S/C16H20N2O/c1-11-4-3-5-13(8-11)17-16(19)18-14-6-7-15(18)10-12(2)9-14/h3-5,8,14-15H,2,6-7,9-10H2,1H3,(H,17,19). The number of nitrogens with one attached hydrogen (secondary N) is 1. The van der Waals surface area contributed by atoms with E-state index in [0.717, 1.165) is 36.9 Å². The van der Waals surface area contributed by atoms with E-state index in [1.54, 1.807) is 0 Å². The summed E-state index contributed by atoms with van der Waals surface area (Å²) in [7, 11) is 0. The number of amides is 2. The number of aryl methyl sites for hydroxylation is 1. The Labute approximate surface area is 114 Å². The zero-order chi connectivity index (χ0) is 13.4. The Bertz CT molecular complexity index is 507. The minimum absolute atomic E-state index is 0.0469. The van der Waals surface area contributed by atoms with Crippen LogP contribution in [0.2, 0.25) is 0 Å². The first-order chi connectivity index (χ1) is 9.13. The average molecular weight is 256 g/mol. The molecular formula is C16H20N2O. The fourth-order valence-electron chi connectivity index (χ4n) is 3.35. The van der Waals surface area contributed by atoms with Gasteiger partial charge in [0.05, 0.1) is 0 Å². The monoisotopic (exact) mass is 256 g/mol. The van der Waals surface area contributed by atoms with Gasteiger partial charge in [0.2, 0.25) is 0 Å². The van der Waals surface area contributed by atoms with Crippen LogP contribution >= 0.6 is 0 Å². The third-order valence-electron chi connectivity index (χ3n) is 4.17. The quantitative estimate of drug-likeness (QED) is 0.763.